The number of primary amides is 1. The first kappa shape index (κ1) is 21.1. The van der Waals surface area contributed by atoms with Gasteiger partial charge in [-0.2, -0.15) is 0 Å². The number of H-pyrrole nitrogens is 1. The molecule has 0 aliphatic carbocycles. The third-order valence-corrected chi connectivity index (χ3v) is 5.38. The van der Waals surface area contributed by atoms with E-state index in [-0.39, 0.29) is 11.6 Å². The van der Waals surface area contributed by atoms with Crippen molar-refractivity contribution in [3.05, 3.63) is 69.6 Å². The van der Waals surface area contributed by atoms with E-state index in [1.807, 2.05) is 32.0 Å². The number of carbonyl (C=O) groups excluding carboxylic acids is 1. The summed E-state index contributed by atoms with van der Waals surface area (Å²) < 4.78 is 10.9. The number of amides is 1. The monoisotopic (exact) mass is 433 g/mol. The second-order valence-electron chi connectivity index (χ2n) is 7.49. The fraction of sp³-hybridized carbons (Fsp3) is 0.217. The van der Waals surface area contributed by atoms with Crippen LogP contribution in [0.25, 0.3) is 22.0 Å². The van der Waals surface area contributed by atoms with E-state index in [0.717, 1.165) is 11.3 Å². The highest BCUT2D eigenvalue weighted by atomic mass is 16.5. The van der Waals surface area contributed by atoms with Crippen LogP contribution < -0.4 is 21.3 Å². The quantitative estimate of drug-likeness (QED) is 0.423. The molecule has 0 spiro atoms. The highest BCUT2D eigenvalue weighted by Crippen LogP contribution is 2.39. The molecule has 0 saturated carbocycles. The number of nitrogens with two attached hydrogens (primary N) is 1. The lowest BCUT2D eigenvalue weighted by atomic mass is 9.98. The summed E-state index contributed by atoms with van der Waals surface area (Å²) in [7, 11) is 1.55. The molecule has 1 atom stereocenters. The Hall–Kier alpha value is -4.14. The number of hydrogen-bond acceptors (Lipinski definition) is 7. The molecule has 32 heavy (non-hydrogen) atoms. The van der Waals surface area contributed by atoms with Crippen molar-refractivity contribution in [3.8, 4) is 16.9 Å². The van der Waals surface area contributed by atoms with Crippen LogP contribution in [0, 0.1) is 13.8 Å². The topological polar surface area (TPSA) is 136 Å². The number of nitrogens with zero attached hydrogens (tertiary/aromatic N) is 2. The summed E-state index contributed by atoms with van der Waals surface area (Å²) >= 11 is 0. The molecule has 0 radical (unpaired) electrons. The number of anilines is 1. The number of aryl methyl sites for hydroxylation is 2. The van der Waals surface area contributed by atoms with Gasteiger partial charge in [-0.3, -0.25) is 14.6 Å². The van der Waals surface area contributed by atoms with E-state index in [1.165, 1.54) is 0 Å². The standard InChI is InChI=1S/C23H23N5O4/c1-11(16-7-5-6-8-25-16)26-21-14-10-18(31-4)15(19-12(2)28-32-13(19)3)9-17(14)27-23(30)20(21)22(24)29/h5-11H,1-4H3,(H2,24,29)(H2,26,27,30)/t11-/m1/s1. The van der Waals surface area contributed by atoms with Gasteiger partial charge < -0.3 is 25.3 Å². The first-order chi connectivity index (χ1) is 15.3. The van der Waals surface area contributed by atoms with Crippen LogP contribution in [0.15, 0.2) is 45.8 Å². The van der Waals surface area contributed by atoms with E-state index in [0.29, 0.717) is 39.4 Å². The predicted molar refractivity (Wildman–Crippen MR) is 121 cm³/mol. The maximum absolute atomic E-state index is 12.8. The second-order valence-corrected chi connectivity index (χ2v) is 7.49. The fourth-order valence-corrected chi connectivity index (χ4v) is 3.86. The number of carbonyl (C=O) groups is 1. The minimum Gasteiger partial charge on any atom is -0.496 e. The van der Waals surface area contributed by atoms with Crippen molar-refractivity contribution in [2.24, 2.45) is 5.73 Å². The maximum Gasteiger partial charge on any atom is 0.263 e. The molecule has 164 valence electrons. The number of nitrogens with one attached hydrogen (secondary N) is 2. The molecular formula is C23H23N5O4. The van der Waals surface area contributed by atoms with Gasteiger partial charge in [0.1, 0.15) is 17.1 Å². The Morgan fingerprint density at radius 3 is 2.66 bits per heavy atom. The van der Waals surface area contributed by atoms with Crippen LogP contribution in [-0.2, 0) is 0 Å². The van der Waals surface area contributed by atoms with Gasteiger partial charge in [0.05, 0.1) is 41.3 Å². The van der Waals surface area contributed by atoms with Crippen molar-refractivity contribution < 1.29 is 14.1 Å². The smallest absolute Gasteiger partial charge is 0.263 e. The predicted octanol–water partition coefficient (Wildman–Crippen LogP) is 3.48. The van der Waals surface area contributed by atoms with E-state index in [9.17, 15) is 9.59 Å². The molecular weight excluding hydrogens is 410 g/mol. The van der Waals surface area contributed by atoms with Crippen molar-refractivity contribution in [1.29, 1.82) is 0 Å². The van der Waals surface area contributed by atoms with Gasteiger partial charge in [0.25, 0.3) is 11.5 Å². The molecule has 3 heterocycles. The molecule has 0 fully saturated rings. The van der Waals surface area contributed by atoms with Gasteiger partial charge >= 0.3 is 0 Å². The van der Waals surface area contributed by atoms with Gasteiger partial charge in [-0.05, 0) is 45.0 Å². The third-order valence-electron chi connectivity index (χ3n) is 5.38. The van der Waals surface area contributed by atoms with Crippen molar-refractivity contribution in [1.82, 2.24) is 15.1 Å². The number of fused-ring (bicyclic) bond motifs is 1. The van der Waals surface area contributed by atoms with Crippen LogP contribution in [0.2, 0.25) is 0 Å². The zero-order chi connectivity index (χ0) is 23.0. The summed E-state index contributed by atoms with van der Waals surface area (Å²) in [6, 6.07) is 8.77. The van der Waals surface area contributed by atoms with Gasteiger partial charge in [0.15, 0.2) is 0 Å². The number of pyridine rings is 2. The zero-order valence-corrected chi connectivity index (χ0v) is 18.1. The fourth-order valence-electron chi connectivity index (χ4n) is 3.86. The van der Waals surface area contributed by atoms with Crippen LogP contribution in [0.5, 0.6) is 5.75 Å². The summed E-state index contributed by atoms with van der Waals surface area (Å²) in [5, 5.41) is 7.84. The zero-order valence-electron chi connectivity index (χ0n) is 18.1. The van der Waals surface area contributed by atoms with Gasteiger partial charge in [-0.15, -0.1) is 0 Å². The lowest BCUT2D eigenvalue weighted by Gasteiger charge is -2.19. The third kappa shape index (κ3) is 3.58. The molecule has 1 aromatic carbocycles. The Bertz CT molecular complexity index is 1360. The molecule has 9 nitrogen and oxygen atoms in total. The Morgan fingerprint density at radius 2 is 2.06 bits per heavy atom. The van der Waals surface area contributed by atoms with Crippen LogP contribution in [0.4, 0.5) is 5.69 Å². The average Bonchev–Trinajstić information content (AvgIpc) is 3.10. The van der Waals surface area contributed by atoms with Crippen molar-refractivity contribution in [2.45, 2.75) is 26.8 Å². The molecule has 1 amide bonds. The number of aromatic nitrogens is 3. The van der Waals surface area contributed by atoms with E-state index < -0.39 is 11.5 Å². The van der Waals surface area contributed by atoms with Crippen LogP contribution >= 0.6 is 0 Å². The number of aromatic amines is 1. The first-order valence-electron chi connectivity index (χ1n) is 10.00. The van der Waals surface area contributed by atoms with E-state index in [1.54, 1.807) is 32.4 Å². The summed E-state index contributed by atoms with van der Waals surface area (Å²) in [4.78, 5) is 32.1. The maximum atomic E-state index is 12.8. The number of hydrogen-bond donors (Lipinski definition) is 3. The second kappa shape index (κ2) is 8.18. The molecule has 4 N–H and O–H groups in total. The SMILES string of the molecule is COc1cc2c(N[C@H](C)c3ccccn3)c(C(N)=O)c(=O)[nH]c2cc1-c1c(C)noc1C. The lowest BCUT2D eigenvalue weighted by Crippen LogP contribution is -2.26. The summed E-state index contributed by atoms with van der Waals surface area (Å²) in [6.07, 6.45) is 1.68. The minimum atomic E-state index is -0.836. The Balaban J connectivity index is 1.98. The van der Waals surface area contributed by atoms with Crippen LogP contribution in [0.1, 0.15) is 40.5 Å². The van der Waals surface area contributed by atoms with E-state index in [4.69, 9.17) is 15.0 Å². The minimum absolute atomic E-state index is 0.160. The van der Waals surface area contributed by atoms with Crippen molar-refractivity contribution >= 4 is 22.5 Å². The number of benzene rings is 1. The van der Waals surface area contributed by atoms with E-state index >= 15 is 0 Å². The van der Waals surface area contributed by atoms with Crippen LogP contribution in [0.3, 0.4) is 0 Å². The highest BCUT2D eigenvalue weighted by Gasteiger charge is 2.23. The molecule has 0 saturated heterocycles. The van der Waals surface area contributed by atoms with Gasteiger partial charge in [0.2, 0.25) is 0 Å². The Labute approximate surface area is 183 Å². The van der Waals surface area contributed by atoms with Gasteiger partial charge in [0, 0.05) is 17.1 Å². The molecule has 0 aliphatic heterocycles. The number of methoxy groups -OCH3 is 1. The number of ether oxygens (including phenoxy) is 1. The molecule has 4 aromatic rings. The molecule has 4 rings (SSSR count). The molecule has 0 aliphatic rings. The molecule has 0 unspecified atom stereocenters. The normalized spacial score (nSPS) is 12.0. The van der Waals surface area contributed by atoms with Gasteiger partial charge in [-0.1, -0.05) is 11.2 Å². The van der Waals surface area contributed by atoms with Crippen molar-refractivity contribution in [2.75, 3.05) is 12.4 Å². The molecule has 0 bridgehead atoms. The first-order valence-corrected chi connectivity index (χ1v) is 10.00. The summed E-state index contributed by atoms with van der Waals surface area (Å²) in [5.41, 5.74) is 8.58. The average molecular weight is 433 g/mol. The van der Waals surface area contributed by atoms with E-state index in [2.05, 4.69) is 20.4 Å². The number of rotatable bonds is 6. The van der Waals surface area contributed by atoms with Crippen molar-refractivity contribution in [3.63, 3.8) is 0 Å². The molecule has 3 aromatic heterocycles. The highest BCUT2D eigenvalue weighted by molar-refractivity contribution is 6.07. The molecule has 9 heteroatoms. The van der Waals surface area contributed by atoms with Crippen LogP contribution in [-0.4, -0.2) is 28.1 Å². The summed E-state index contributed by atoms with van der Waals surface area (Å²) in [5.74, 6) is 0.318. The Morgan fingerprint density at radius 1 is 1.28 bits per heavy atom. The lowest BCUT2D eigenvalue weighted by molar-refractivity contribution is 0.0999. The largest absolute Gasteiger partial charge is 0.496 e. The summed E-state index contributed by atoms with van der Waals surface area (Å²) in [6.45, 7) is 5.52. The van der Waals surface area contributed by atoms with Gasteiger partial charge in [-0.25, -0.2) is 0 Å². The Kier molecular flexibility index (Phi) is 5.40.